The lowest BCUT2D eigenvalue weighted by Crippen LogP contribution is -2.19. The molecule has 0 amide bonds. The standard InChI is InChI=1S/C15H16FNO3/c1-2-3-4-7-17-9-12(15(19)20)14(18)11-8-10(16)5-6-13(11)17/h5-6,8-9H,2-4,7H2,1H3,(H,19,20). The molecule has 1 aromatic carbocycles. The Kier molecular flexibility index (Phi) is 4.17. The number of hydrogen-bond acceptors (Lipinski definition) is 2. The van der Waals surface area contributed by atoms with Crippen LogP contribution in [0.1, 0.15) is 36.5 Å². The molecule has 2 rings (SSSR count). The van der Waals surface area contributed by atoms with Gasteiger partial charge in [0, 0.05) is 18.1 Å². The number of benzene rings is 1. The van der Waals surface area contributed by atoms with Gasteiger partial charge >= 0.3 is 5.97 Å². The number of nitrogens with zero attached hydrogens (tertiary/aromatic N) is 1. The number of fused-ring (bicyclic) bond motifs is 1. The molecule has 106 valence electrons. The van der Waals surface area contributed by atoms with E-state index in [0.717, 1.165) is 25.3 Å². The third kappa shape index (κ3) is 2.71. The largest absolute Gasteiger partial charge is 0.477 e. The van der Waals surface area contributed by atoms with Gasteiger partial charge in [0.15, 0.2) is 0 Å². The van der Waals surface area contributed by atoms with Crippen molar-refractivity contribution in [2.24, 2.45) is 0 Å². The normalized spacial score (nSPS) is 10.9. The predicted octanol–water partition coefficient (Wildman–Crippen LogP) is 3.03. The zero-order valence-corrected chi connectivity index (χ0v) is 11.2. The lowest BCUT2D eigenvalue weighted by molar-refractivity contribution is 0.0695. The second kappa shape index (κ2) is 5.86. The molecule has 0 unspecified atom stereocenters. The van der Waals surface area contributed by atoms with Crippen LogP contribution in [-0.4, -0.2) is 15.6 Å². The van der Waals surface area contributed by atoms with Crippen LogP contribution in [-0.2, 0) is 6.54 Å². The summed E-state index contributed by atoms with van der Waals surface area (Å²) >= 11 is 0. The summed E-state index contributed by atoms with van der Waals surface area (Å²) in [6, 6.07) is 3.89. The Labute approximate surface area is 115 Å². The van der Waals surface area contributed by atoms with Crippen molar-refractivity contribution in [3.05, 3.63) is 46.0 Å². The summed E-state index contributed by atoms with van der Waals surface area (Å²) < 4.78 is 15.0. The molecule has 0 spiro atoms. The van der Waals surface area contributed by atoms with Crippen LogP contribution in [0, 0.1) is 5.82 Å². The number of aromatic carboxylic acids is 1. The minimum atomic E-state index is -1.29. The van der Waals surface area contributed by atoms with Crippen LogP contribution in [0.15, 0.2) is 29.2 Å². The highest BCUT2D eigenvalue weighted by Crippen LogP contribution is 2.15. The van der Waals surface area contributed by atoms with Gasteiger partial charge in [-0.05, 0) is 24.6 Å². The molecule has 0 aliphatic heterocycles. The third-order valence-corrected chi connectivity index (χ3v) is 3.28. The van der Waals surface area contributed by atoms with Crippen molar-refractivity contribution in [2.75, 3.05) is 0 Å². The van der Waals surface area contributed by atoms with Gasteiger partial charge in [0.05, 0.1) is 5.52 Å². The average Bonchev–Trinajstić information content (AvgIpc) is 2.41. The molecule has 0 bridgehead atoms. The van der Waals surface area contributed by atoms with E-state index in [4.69, 9.17) is 5.11 Å². The summed E-state index contributed by atoms with van der Waals surface area (Å²) in [5.74, 6) is -1.83. The van der Waals surface area contributed by atoms with Gasteiger partial charge in [-0.2, -0.15) is 0 Å². The zero-order chi connectivity index (χ0) is 14.7. The highest BCUT2D eigenvalue weighted by atomic mass is 19.1. The molecular formula is C15H16FNO3. The van der Waals surface area contributed by atoms with E-state index >= 15 is 0 Å². The first-order chi connectivity index (χ1) is 9.54. The molecular weight excluding hydrogens is 261 g/mol. The van der Waals surface area contributed by atoms with Crippen molar-refractivity contribution >= 4 is 16.9 Å². The van der Waals surface area contributed by atoms with E-state index in [0.29, 0.717) is 12.1 Å². The number of carbonyl (C=O) groups is 1. The minimum Gasteiger partial charge on any atom is -0.477 e. The van der Waals surface area contributed by atoms with E-state index in [1.807, 2.05) is 0 Å². The predicted molar refractivity (Wildman–Crippen MR) is 74.7 cm³/mol. The molecule has 1 heterocycles. The van der Waals surface area contributed by atoms with E-state index in [1.54, 1.807) is 4.57 Å². The lowest BCUT2D eigenvalue weighted by Gasteiger charge is -2.12. The van der Waals surface area contributed by atoms with Crippen LogP contribution in [0.4, 0.5) is 4.39 Å². The Morgan fingerprint density at radius 1 is 1.35 bits per heavy atom. The fourth-order valence-electron chi connectivity index (χ4n) is 2.24. The molecule has 1 N–H and O–H groups in total. The Morgan fingerprint density at radius 3 is 2.75 bits per heavy atom. The van der Waals surface area contributed by atoms with Gasteiger partial charge in [-0.25, -0.2) is 9.18 Å². The summed E-state index contributed by atoms with van der Waals surface area (Å²) in [4.78, 5) is 23.2. The van der Waals surface area contributed by atoms with Gasteiger partial charge in [-0.1, -0.05) is 19.8 Å². The number of carboxylic acids is 1. The first kappa shape index (κ1) is 14.2. The van der Waals surface area contributed by atoms with Gasteiger partial charge in [0.25, 0.3) is 0 Å². The van der Waals surface area contributed by atoms with Crippen molar-refractivity contribution in [1.29, 1.82) is 0 Å². The Balaban J connectivity index is 2.63. The number of unbranched alkanes of at least 4 members (excludes halogenated alkanes) is 2. The van der Waals surface area contributed by atoms with Crippen molar-refractivity contribution in [3.63, 3.8) is 0 Å². The van der Waals surface area contributed by atoms with E-state index in [1.165, 1.54) is 18.3 Å². The van der Waals surface area contributed by atoms with Gasteiger partial charge in [-0.15, -0.1) is 0 Å². The summed E-state index contributed by atoms with van der Waals surface area (Å²) in [7, 11) is 0. The number of hydrogen-bond donors (Lipinski definition) is 1. The maximum absolute atomic E-state index is 13.3. The van der Waals surface area contributed by atoms with E-state index in [2.05, 4.69) is 6.92 Å². The van der Waals surface area contributed by atoms with Crippen LogP contribution in [0.5, 0.6) is 0 Å². The van der Waals surface area contributed by atoms with Crippen molar-refractivity contribution in [3.8, 4) is 0 Å². The lowest BCUT2D eigenvalue weighted by atomic mass is 10.1. The van der Waals surface area contributed by atoms with E-state index in [-0.39, 0.29) is 10.9 Å². The molecule has 0 fully saturated rings. The fourth-order valence-corrected chi connectivity index (χ4v) is 2.24. The molecule has 2 aromatic rings. The van der Waals surface area contributed by atoms with Crippen LogP contribution < -0.4 is 5.43 Å². The SMILES string of the molecule is CCCCCn1cc(C(=O)O)c(=O)c2cc(F)ccc21. The topological polar surface area (TPSA) is 59.3 Å². The number of halogens is 1. The van der Waals surface area contributed by atoms with Gasteiger partial charge in [0.2, 0.25) is 5.43 Å². The van der Waals surface area contributed by atoms with Crippen molar-refractivity contribution in [1.82, 2.24) is 4.57 Å². The fraction of sp³-hybridized carbons (Fsp3) is 0.333. The van der Waals surface area contributed by atoms with Crippen molar-refractivity contribution < 1.29 is 14.3 Å². The van der Waals surface area contributed by atoms with E-state index in [9.17, 15) is 14.0 Å². The smallest absolute Gasteiger partial charge is 0.341 e. The monoisotopic (exact) mass is 277 g/mol. The summed E-state index contributed by atoms with van der Waals surface area (Å²) in [5.41, 5.74) is -0.393. The molecule has 20 heavy (non-hydrogen) atoms. The molecule has 0 radical (unpaired) electrons. The molecule has 0 aliphatic rings. The van der Waals surface area contributed by atoms with E-state index < -0.39 is 17.2 Å². The number of aromatic nitrogens is 1. The first-order valence-electron chi connectivity index (χ1n) is 6.60. The second-order valence-electron chi connectivity index (χ2n) is 4.74. The Hall–Kier alpha value is -2.17. The zero-order valence-electron chi connectivity index (χ0n) is 11.2. The summed E-state index contributed by atoms with van der Waals surface area (Å²) in [6.45, 7) is 2.68. The van der Waals surface area contributed by atoms with Crippen molar-refractivity contribution in [2.45, 2.75) is 32.7 Å². The van der Waals surface area contributed by atoms with Crippen LogP contribution in [0.25, 0.3) is 10.9 Å². The number of pyridine rings is 1. The number of rotatable bonds is 5. The van der Waals surface area contributed by atoms with Crippen LogP contribution >= 0.6 is 0 Å². The van der Waals surface area contributed by atoms with Gasteiger partial charge in [0.1, 0.15) is 11.4 Å². The minimum absolute atomic E-state index is 0.112. The highest BCUT2D eigenvalue weighted by Gasteiger charge is 2.14. The molecule has 0 saturated carbocycles. The first-order valence-corrected chi connectivity index (χ1v) is 6.60. The highest BCUT2D eigenvalue weighted by molar-refractivity contribution is 5.92. The molecule has 1 aromatic heterocycles. The molecule has 5 heteroatoms. The summed E-state index contributed by atoms with van der Waals surface area (Å²) in [6.07, 6.45) is 4.28. The van der Waals surface area contributed by atoms with Crippen LogP contribution in [0.3, 0.4) is 0 Å². The van der Waals surface area contributed by atoms with Gasteiger partial charge < -0.3 is 9.67 Å². The molecule has 0 aliphatic carbocycles. The average molecular weight is 277 g/mol. The van der Waals surface area contributed by atoms with Crippen LogP contribution in [0.2, 0.25) is 0 Å². The second-order valence-corrected chi connectivity index (χ2v) is 4.74. The Bertz CT molecular complexity index is 706. The Morgan fingerprint density at radius 2 is 2.10 bits per heavy atom. The summed E-state index contributed by atoms with van der Waals surface area (Å²) in [5, 5.41) is 9.20. The molecule has 4 nitrogen and oxygen atoms in total. The third-order valence-electron chi connectivity index (χ3n) is 3.28. The number of carboxylic acid groups (broad SMARTS) is 1. The molecule has 0 saturated heterocycles. The quantitative estimate of drug-likeness (QED) is 0.854. The van der Waals surface area contributed by atoms with Gasteiger partial charge in [-0.3, -0.25) is 4.79 Å². The maximum atomic E-state index is 13.3. The maximum Gasteiger partial charge on any atom is 0.341 e. The number of aryl methyl sites for hydroxylation is 1. The molecule has 0 atom stereocenters.